The summed E-state index contributed by atoms with van der Waals surface area (Å²) in [6.07, 6.45) is 6.28. The van der Waals surface area contributed by atoms with Crippen LogP contribution in [0.4, 0.5) is 5.82 Å². The van der Waals surface area contributed by atoms with E-state index in [4.69, 9.17) is 4.98 Å². The highest BCUT2D eigenvalue weighted by Crippen LogP contribution is 2.25. The summed E-state index contributed by atoms with van der Waals surface area (Å²) in [5.74, 6) is 0.974. The fourth-order valence-electron chi connectivity index (χ4n) is 3.11. The number of hydrogen-bond donors (Lipinski definition) is 2. The van der Waals surface area contributed by atoms with Crippen LogP contribution in [0.1, 0.15) is 18.1 Å². The molecule has 0 fully saturated rings. The van der Waals surface area contributed by atoms with Crippen molar-refractivity contribution in [2.45, 2.75) is 19.9 Å². The summed E-state index contributed by atoms with van der Waals surface area (Å²) >= 11 is 0. The van der Waals surface area contributed by atoms with E-state index in [-0.39, 0.29) is 0 Å². The topological polar surface area (TPSA) is 53.4 Å². The SMILES string of the molecule is CCc1ccn2c(NCc3ccc[n+](O)c3)cc(-c3ccccc3)nc12. The molecule has 0 aliphatic rings. The average Bonchev–Trinajstić information content (AvgIpc) is 3.10. The zero-order valence-electron chi connectivity index (χ0n) is 14.6. The van der Waals surface area contributed by atoms with E-state index >= 15 is 0 Å². The molecule has 0 aliphatic heterocycles. The minimum Gasteiger partial charge on any atom is -0.367 e. The summed E-state index contributed by atoms with van der Waals surface area (Å²) in [6, 6.07) is 18.2. The molecule has 1 aromatic carbocycles. The number of rotatable bonds is 5. The summed E-state index contributed by atoms with van der Waals surface area (Å²) < 4.78 is 3.15. The van der Waals surface area contributed by atoms with Gasteiger partial charge in [0.05, 0.1) is 5.69 Å². The number of fused-ring (bicyclic) bond motifs is 1. The number of nitrogens with zero attached hydrogens (tertiary/aromatic N) is 3. The van der Waals surface area contributed by atoms with Crippen molar-refractivity contribution in [2.75, 3.05) is 5.32 Å². The quantitative estimate of drug-likeness (QED) is 0.428. The molecular formula is C21H21N4O+. The van der Waals surface area contributed by atoms with Crippen LogP contribution in [0.3, 0.4) is 0 Å². The Bertz CT molecular complexity index is 1040. The first-order valence-corrected chi connectivity index (χ1v) is 8.74. The van der Waals surface area contributed by atoms with Gasteiger partial charge in [-0.25, -0.2) is 4.98 Å². The van der Waals surface area contributed by atoms with Crippen LogP contribution in [-0.4, -0.2) is 14.6 Å². The first kappa shape index (κ1) is 16.1. The van der Waals surface area contributed by atoms with Crippen molar-refractivity contribution in [3.8, 4) is 11.3 Å². The Morgan fingerprint density at radius 2 is 1.96 bits per heavy atom. The van der Waals surface area contributed by atoms with Gasteiger partial charge >= 0.3 is 0 Å². The molecule has 3 aromatic heterocycles. The van der Waals surface area contributed by atoms with Crippen molar-refractivity contribution in [1.82, 2.24) is 9.38 Å². The second-order valence-electron chi connectivity index (χ2n) is 6.23. The molecule has 0 saturated heterocycles. The molecule has 0 bridgehead atoms. The van der Waals surface area contributed by atoms with Gasteiger partial charge in [-0.05, 0) is 24.1 Å². The van der Waals surface area contributed by atoms with Crippen LogP contribution >= 0.6 is 0 Å². The summed E-state index contributed by atoms with van der Waals surface area (Å²) in [6.45, 7) is 2.75. The predicted octanol–water partition coefficient (Wildman–Crippen LogP) is 3.70. The second-order valence-corrected chi connectivity index (χ2v) is 6.23. The maximum Gasteiger partial charge on any atom is 0.227 e. The molecule has 26 heavy (non-hydrogen) atoms. The molecule has 0 unspecified atom stereocenters. The van der Waals surface area contributed by atoms with Gasteiger partial charge in [0.25, 0.3) is 0 Å². The zero-order valence-corrected chi connectivity index (χ0v) is 14.6. The molecule has 4 rings (SSSR count). The zero-order chi connectivity index (χ0) is 17.9. The van der Waals surface area contributed by atoms with E-state index in [2.05, 4.69) is 47.1 Å². The smallest absolute Gasteiger partial charge is 0.227 e. The van der Waals surface area contributed by atoms with Gasteiger partial charge in [0.2, 0.25) is 12.4 Å². The van der Waals surface area contributed by atoms with Gasteiger partial charge in [0.1, 0.15) is 11.5 Å². The number of aryl methyl sites for hydroxylation is 1. The van der Waals surface area contributed by atoms with Gasteiger partial charge in [-0.15, -0.1) is 0 Å². The van der Waals surface area contributed by atoms with Crippen molar-refractivity contribution in [2.24, 2.45) is 0 Å². The maximum atomic E-state index is 9.58. The van der Waals surface area contributed by atoms with Crippen LogP contribution in [0, 0.1) is 0 Å². The Hall–Kier alpha value is -3.34. The monoisotopic (exact) mass is 345 g/mol. The molecule has 0 radical (unpaired) electrons. The minimum atomic E-state index is 0.606. The van der Waals surface area contributed by atoms with Gasteiger partial charge < -0.3 is 5.32 Å². The lowest BCUT2D eigenvalue weighted by atomic mass is 10.1. The minimum absolute atomic E-state index is 0.606. The third kappa shape index (κ3) is 3.11. The highest BCUT2D eigenvalue weighted by atomic mass is 16.5. The summed E-state index contributed by atoms with van der Waals surface area (Å²) in [5, 5.41) is 13.1. The Morgan fingerprint density at radius 1 is 1.12 bits per heavy atom. The van der Waals surface area contributed by atoms with E-state index in [1.807, 2.05) is 30.3 Å². The predicted molar refractivity (Wildman–Crippen MR) is 101 cm³/mol. The van der Waals surface area contributed by atoms with Crippen molar-refractivity contribution in [3.63, 3.8) is 0 Å². The lowest BCUT2D eigenvalue weighted by Crippen LogP contribution is -2.29. The molecule has 4 aromatic rings. The summed E-state index contributed by atoms with van der Waals surface area (Å²) in [5.41, 5.74) is 5.22. The van der Waals surface area contributed by atoms with Gasteiger partial charge in [0, 0.05) is 40.7 Å². The molecule has 0 atom stereocenters. The van der Waals surface area contributed by atoms with Crippen LogP contribution in [0.2, 0.25) is 0 Å². The van der Waals surface area contributed by atoms with Crippen LogP contribution in [0.15, 0.2) is 73.2 Å². The van der Waals surface area contributed by atoms with Crippen molar-refractivity contribution in [1.29, 1.82) is 0 Å². The molecule has 3 heterocycles. The fourth-order valence-corrected chi connectivity index (χ4v) is 3.11. The van der Waals surface area contributed by atoms with Gasteiger partial charge in [-0.2, -0.15) is 0 Å². The highest BCUT2D eigenvalue weighted by Gasteiger charge is 2.11. The van der Waals surface area contributed by atoms with Crippen molar-refractivity contribution >= 4 is 11.5 Å². The van der Waals surface area contributed by atoms with Crippen molar-refractivity contribution < 1.29 is 9.94 Å². The van der Waals surface area contributed by atoms with E-state index in [0.29, 0.717) is 6.54 Å². The number of nitrogens with one attached hydrogen (secondary N) is 1. The molecule has 2 N–H and O–H groups in total. The Labute approximate surface area is 152 Å². The molecule has 5 nitrogen and oxygen atoms in total. The van der Waals surface area contributed by atoms with Crippen molar-refractivity contribution in [3.05, 3.63) is 84.3 Å². The highest BCUT2D eigenvalue weighted by molar-refractivity contribution is 5.68. The Morgan fingerprint density at radius 3 is 2.73 bits per heavy atom. The lowest BCUT2D eigenvalue weighted by Gasteiger charge is -2.12. The third-order valence-electron chi connectivity index (χ3n) is 4.47. The molecular weight excluding hydrogens is 324 g/mol. The molecule has 0 aliphatic carbocycles. The molecule has 0 amide bonds. The average molecular weight is 345 g/mol. The van der Waals surface area contributed by atoms with E-state index < -0.39 is 0 Å². The van der Waals surface area contributed by atoms with Crippen LogP contribution in [-0.2, 0) is 13.0 Å². The van der Waals surface area contributed by atoms with E-state index in [9.17, 15) is 5.21 Å². The van der Waals surface area contributed by atoms with E-state index in [1.165, 1.54) is 5.56 Å². The number of anilines is 1. The lowest BCUT2D eigenvalue weighted by molar-refractivity contribution is -0.905. The molecule has 130 valence electrons. The summed E-state index contributed by atoms with van der Waals surface area (Å²) in [7, 11) is 0. The summed E-state index contributed by atoms with van der Waals surface area (Å²) in [4.78, 5) is 4.88. The second kappa shape index (κ2) is 6.88. The van der Waals surface area contributed by atoms with Gasteiger partial charge in [-0.3, -0.25) is 9.61 Å². The molecule has 5 heteroatoms. The number of aromatic nitrogens is 3. The number of benzene rings is 1. The van der Waals surface area contributed by atoms with Gasteiger partial charge in [0.15, 0.2) is 0 Å². The first-order chi connectivity index (χ1) is 12.7. The number of hydrogen-bond acceptors (Lipinski definition) is 3. The fraction of sp³-hybridized carbons (Fsp3) is 0.143. The molecule has 0 saturated carbocycles. The third-order valence-corrected chi connectivity index (χ3v) is 4.47. The standard InChI is InChI=1S/C21H21N4O/c1-2-17-10-12-25-20(22-14-16-7-6-11-24(26)15-16)13-19(23-21(17)25)18-8-4-3-5-9-18/h3-13,15,22,26H,2,14H2,1H3/q+1. The molecule has 0 spiro atoms. The van der Waals surface area contributed by atoms with E-state index in [0.717, 1.165) is 39.4 Å². The van der Waals surface area contributed by atoms with Crippen LogP contribution in [0.5, 0.6) is 0 Å². The van der Waals surface area contributed by atoms with E-state index in [1.54, 1.807) is 12.4 Å². The Balaban J connectivity index is 1.76. The van der Waals surface area contributed by atoms with Crippen LogP contribution in [0.25, 0.3) is 16.9 Å². The first-order valence-electron chi connectivity index (χ1n) is 8.74. The van der Waals surface area contributed by atoms with Crippen LogP contribution < -0.4 is 10.0 Å². The Kier molecular flexibility index (Phi) is 4.27. The number of pyridine rings is 1. The largest absolute Gasteiger partial charge is 0.367 e. The van der Waals surface area contributed by atoms with Gasteiger partial charge in [-0.1, -0.05) is 37.3 Å². The normalized spacial score (nSPS) is 11.0. The maximum absolute atomic E-state index is 9.58.